The van der Waals surface area contributed by atoms with Crippen LogP contribution >= 0.6 is 0 Å². The van der Waals surface area contributed by atoms with Crippen LogP contribution in [0, 0.1) is 29.1 Å². The van der Waals surface area contributed by atoms with Crippen molar-refractivity contribution in [1.82, 2.24) is 19.7 Å². The van der Waals surface area contributed by atoms with Crippen molar-refractivity contribution in [3.8, 4) is 0 Å². The Morgan fingerprint density at radius 2 is 1.68 bits per heavy atom. The quantitative estimate of drug-likeness (QED) is 0.597. The Morgan fingerprint density at radius 1 is 0.971 bits per heavy atom. The highest BCUT2D eigenvalue weighted by molar-refractivity contribution is 5.79. The zero-order valence-electron chi connectivity index (χ0n) is 20.0. The lowest BCUT2D eigenvalue weighted by Gasteiger charge is -2.57. The van der Waals surface area contributed by atoms with E-state index in [1.165, 1.54) is 38.5 Å². The van der Waals surface area contributed by atoms with E-state index in [-0.39, 0.29) is 5.91 Å². The third-order valence-corrected chi connectivity index (χ3v) is 9.40. The van der Waals surface area contributed by atoms with E-state index in [1.54, 1.807) is 0 Å². The fourth-order valence-electron chi connectivity index (χ4n) is 8.21. The number of benzene rings is 1. The molecule has 6 heteroatoms. The zero-order valence-corrected chi connectivity index (χ0v) is 20.0. The van der Waals surface area contributed by atoms with Crippen LogP contribution in [0.2, 0.25) is 0 Å². The predicted octanol–water partition coefficient (Wildman–Crippen LogP) is 4.82. The van der Waals surface area contributed by atoms with Crippen LogP contribution in [0.15, 0.2) is 36.5 Å². The molecule has 5 aliphatic rings. The van der Waals surface area contributed by atoms with Crippen molar-refractivity contribution in [2.75, 3.05) is 24.5 Å². The summed E-state index contributed by atoms with van der Waals surface area (Å²) in [5, 5.41) is 3.39. The first-order valence-electron chi connectivity index (χ1n) is 13.4. The van der Waals surface area contributed by atoms with E-state index in [4.69, 9.17) is 4.98 Å². The van der Waals surface area contributed by atoms with E-state index in [0.29, 0.717) is 17.8 Å². The fourth-order valence-corrected chi connectivity index (χ4v) is 8.21. The average Bonchev–Trinajstić information content (AvgIpc) is 3.20. The van der Waals surface area contributed by atoms with E-state index in [9.17, 15) is 4.79 Å². The van der Waals surface area contributed by atoms with Crippen molar-refractivity contribution in [2.24, 2.45) is 29.1 Å². The van der Waals surface area contributed by atoms with Crippen molar-refractivity contribution in [1.29, 1.82) is 0 Å². The molecule has 6 nitrogen and oxygen atoms in total. The molecule has 0 spiro atoms. The van der Waals surface area contributed by atoms with Crippen molar-refractivity contribution in [2.45, 2.75) is 57.8 Å². The summed E-state index contributed by atoms with van der Waals surface area (Å²) >= 11 is 0. The van der Waals surface area contributed by atoms with Gasteiger partial charge in [0.2, 0.25) is 11.7 Å². The summed E-state index contributed by atoms with van der Waals surface area (Å²) in [5.41, 5.74) is 2.50. The number of rotatable bonds is 5. The fraction of sp³-hybridized carbons (Fsp3) is 0.607. The summed E-state index contributed by atoms with van der Waals surface area (Å²) in [6.07, 6.45) is 13.3. The van der Waals surface area contributed by atoms with E-state index < -0.39 is 0 Å². The minimum atomic E-state index is 0.276. The lowest BCUT2D eigenvalue weighted by atomic mass is 9.49. The van der Waals surface area contributed by atoms with E-state index in [2.05, 4.69) is 37.9 Å². The highest BCUT2D eigenvalue weighted by atomic mass is 16.1. The Hall–Kier alpha value is -2.63. The number of para-hydroxylation sites is 2. The average molecular weight is 458 g/mol. The topological polar surface area (TPSA) is 62.5 Å². The normalized spacial score (nSPS) is 30.9. The number of nitrogens with zero attached hydrogens (tertiary/aromatic N) is 4. The Kier molecular flexibility index (Phi) is 4.85. The molecule has 8 rings (SSSR count). The van der Waals surface area contributed by atoms with Crippen molar-refractivity contribution < 1.29 is 4.79 Å². The molecule has 4 aliphatic carbocycles. The van der Waals surface area contributed by atoms with Gasteiger partial charge in [0.05, 0.1) is 11.0 Å². The first kappa shape index (κ1) is 20.7. The molecule has 1 amide bonds. The molecule has 178 valence electrons. The van der Waals surface area contributed by atoms with Crippen LogP contribution in [0.1, 0.15) is 57.8 Å². The lowest BCUT2D eigenvalue weighted by Crippen LogP contribution is -2.51. The van der Waals surface area contributed by atoms with Crippen molar-refractivity contribution >= 4 is 28.5 Å². The minimum Gasteiger partial charge on any atom is -0.356 e. The number of imidazole rings is 1. The summed E-state index contributed by atoms with van der Waals surface area (Å²) in [6.45, 7) is 2.84. The molecule has 3 aromatic rings. The molecule has 0 unspecified atom stereocenters. The van der Waals surface area contributed by atoms with Gasteiger partial charge in [-0.15, -0.1) is 0 Å². The summed E-state index contributed by atoms with van der Waals surface area (Å²) in [5.74, 6) is 5.34. The standard InChI is InChI=1S/C28H35N5O/c34-26(29-18-28-15-20-11-21(16-28)13-22(12-20)17-28)14-19-5-8-32(9-6-19)25-7-10-33-24-4-2-1-3-23(24)30-27(33)31-25/h1-4,7,10,19-22H,5-6,8-9,11-18H2,(H,29,34). The molecule has 1 saturated heterocycles. The van der Waals surface area contributed by atoms with Gasteiger partial charge in [0.15, 0.2) is 0 Å². The van der Waals surface area contributed by atoms with Crippen LogP contribution in [0.3, 0.4) is 0 Å². The van der Waals surface area contributed by atoms with Crippen LogP contribution in [0.5, 0.6) is 0 Å². The Morgan fingerprint density at radius 3 is 2.41 bits per heavy atom. The number of hydrogen-bond acceptors (Lipinski definition) is 4. The first-order valence-corrected chi connectivity index (χ1v) is 13.4. The molecule has 3 heterocycles. The number of carbonyl (C=O) groups is 1. The van der Waals surface area contributed by atoms with Gasteiger partial charge >= 0.3 is 0 Å². The van der Waals surface area contributed by atoms with Gasteiger partial charge in [-0.3, -0.25) is 9.20 Å². The number of fused-ring (bicyclic) bond motifs is 3. The highest BCUT2D eigenvalue weighted by Gasteiger charge is 2.50. The second-order valence-corrected chi connectivity index (χ2v) is 11.9. The zero-order chi connectivity index (χ0) is 22.7. The number of piperidine rings is 1. The van der Waals surface area contributed by atoms with Crippen molar-refractivity contribution in [3.05, 3.63) is 36.5 Å². The van der Waals surface area contributed by atoms with Gasteiger partial charge in [0, 0.05) is 32.3 Å². The van der Waals surface area contributed by atoms with Gasteiger partial charge in [-0.1, -0.05) is 12.1 Å². The van der Waals surface area contributed by atoms with Gasteiger partial charge in [-0.25, -0.2) is 4.98 Å². The smallest absolute Gasteiger partial charge is 0.236 e. The van der Waals surface area contributed by atoms with E-state index in [0.717, 1.165) is 72.9 Å². The maximum absolute atomic E-state index is 12.8. The van der Waals surface area contributed by atoms with Gasteiger partial charge in [0.1, 0.15) is 5.82 Å². The molecule has 1 N–H and O–H groups in total. The summed E-state index contributed by atoms with van der Waals surface area (Å²) in [4.78, 5) is 24.7. The lowest BCUT2D eigenvalue weighted by molar-refractivity contribution is -0.124. The molecule has 0 atom stereocenters. The van der Waals surface area contributed by atoms with Crippen molar-refractivity contribution in [3.63, 3.8) is 0 Å². The molecule has 4 saturated carbocycles. The largest absolute Gasteiger partial charge is 0.356 e. The molecule has 2 aromatic heterocycles. The van der Waals surface area contributed by atoms with E-state index >= 15 is 0 Å². The Bertz CT molecular complexity index is 1190. The van der Waals surface area contributed by atoms with Crippen LogP contribution < -0.4 is 10.2 Å². The molecule has 1 aromatic carbocycles. The second-order valence-electron chi connectivity index (χ2n) is 11.9. The van der Waals surface area contributed by atoms with Gasteiger partial charge in [0.25, 0.3) is 0 Å². The predicted molar refractivity (Wildman–Crippen MR) is 134 cm³/mol. The molecule has 1 aliphatic heterocycles. The number of aromatic nitrogens is 3. The molecule has 5 fully saturated rings. The maximum Gasteiger partial charge on any atom is 0.236 e. The number of hydrogen-bond donors (Lipinski definition) is 1. The number of amides is 1. The monoisotopic (exact) mass is 457 g/mol. The Balaban J connectivity index is 0.937. The maximum atomic E-state index is 12.8. The minimum absolute atomic E-state index is 0.276. The third kappa shape index (κ3) is 3.66. The summed E-state index contributed by atoms with van der Waals surface area (Å²) < 4.78 is 2.06. The van der Waals surface area contributed by atoms with Crippen LogP contribution in [-0.4, -0.2) is 39.9 Å². The van der Waals surface area contributed by atoms with Gasteiger partial charge in [-0.2, -0.15) is 4.98 Å². The molecule has 34 heavy (non-hydrogen) atoms. The number of nitrogens with one attached hydrogen (secondary N) is 1. The Labute approximate surface area is 201 Å². The van der Waals surface area contributed by atoms with Crippen LogP contribution in [0.4, 0.5) is 5.82 Å². The van der Waals surface area contributed by atoms with Gasteiger partial charge in [-0.05, 0) is 98.7 Å². The third-order valence-electron chi connectivity index (χ3n) is 9.40. The molecular formula is C28H35N5O. The molecule has 0 radical (unpaired) electrons. The highest BCUT2D eigenvalue weighted by Crippen LogP contribution is 2.59. The van der Waals surface area contributed by atoms with Gasteiger partial charge < -0.3 is 10.2 Å². The number of carbonyl (C=O) groups excluding carboxylic acids is 1. The van der Waals surface area contributed by atoms with Crippen LogP contribution in [0.25, 0.3) is 16.8 Å². The summed E-state index contributed by atoms with van der Waals surface area (Å²) in [6, 6.07) is 10.3. The molecular weight excluding hydrogens is 422 g/mol. The second kappa shape index (κ2) is 7.96. The van der Waals surface area contributed by atoms with E-state index in [1.807, 2.05) is 18.2 Å². The molecule has 4 bridgehead atoms. The first-order chi connectivity index (χ1) is 16.6. The van der Waals surface area contributed by atoms with Crippen LogP contribution in [-0.2, 0) is 4.79 Å². The number of anilines is 1. The SMILES string of the molecule is O=C(CC1CCN(c2ccn3c(n2)nc2ccccc23)CC1)NCC12CC3CC(CC(C3)C1)C2. The summed E-state index contributed by atoms with van der Waals surface area (Å²) in [7, 11) is 0.